The van der Waals surface area contributed by atoms with Gasteiger partial charge in [-0.2, -0.15) is 0 Å². The van der Waals surface area contributed by atoms with E-state index < -0.39 is 5.97 Å². The molecule has 19 heavy (non-hydrogen) atoms. The summed E-state index contributed by atoms with van der Waals surface area (Å²) < 4.78 is 7.07. The Morgan fingerprint density at radius 2 is 2.05 bits per heavy atom. The van der Waals surface area contributed by atoms with Gasteiger partial charge in [0.25, 0.3) is 0 Å². The van der Waals surface area contributed by atoms with Gasteiger partial charge in [-0.3, -0.25) is 4.68 Å². The Labute approximate surface area is 109 Å². The molecule has 0 aliphatic rings. The molecule has 3 rings (SSSR count). The van der Waals surface area contributed by atoms with Crippen LogP contribution in [0.25, 0.3) is 11.0 Å². The fraction of sp³-hybridized carbons (Fsp3) is 0.0714. The highest BCUT2D eigenvalue weighted by molar-refractivity contribution is 5.91. The maximum absolute atomic E-state index is 10.8. The van der Waals surface area contributed by atoms with Gasteiger partial charge in [-0.1, -0.05) is 6.07 Å². The van der Waals surface area contributed by atoms with Gasteiger partial charge in [0.05, 0.1) is 6.54 Å². The summed E-state index contributed by atoms with van der Waals surface area (Å²) in [5.41, 5.74) is 4.84. The Bertz CT molecular complexity index is 713. The normalized spacial score (nSPS) is 10.7. The molecule has 5 heteroatoms. The molecular weight excluding hydrogens is 244 g/mol. The lowest BCUT2D eigenvalue weighted by Gasteiger charge is -2.07. The second-order valence-electron chi connectivity index (χ2n) is 4.21. The molecule has 2 heterocycles. The van der Waals surface area contributed by atoms with Gasteiger partial charge in [-0.25, -0.2) is 4.79 Å². The summed E-state index contributed by atoms with van der Waals surface area (Å²) in [6.45, 7) is 0.651. The van der Waals surface area contributed by atoms with Crippen molar-refractivity contribution in [3.05, 3.63) is 60.1 Å². The van der Waals surface area contributed by atoms with E-state index in [9.17, 15) is 4.79 Å². The van der Waals surface area contributed by atoms with E-state index in [1.807, 2.05) is 41.3 Å². The lowest BCUT2D eigenvalue weighted by atomic mass is 10.1. The van der Waals surface area contributed by atoms with Crippen molar-refractivity contribution in [1.82, 2.24) is 4.68 Å². The number of carboxylic acids is 1. The molecule has 2 aromatic heterocycles. The summed E-state index contributed by atoms with van der Waals surface area (Å²) in [6, 6.07) is 11.0. The first-order valence-corrected chi connectivity index (χ1v) is 5.85. The third kappa shape index (κ3) is 2.30. The number of carboxylic acid groups (broad SMARTS) is 1. The molecule has 0 bridgehead atoms. The van der Waals surface area contributed by atoms with Crippen LogP contribution >= 0.6 is 0 Å². The first-order valence-electron chi connectivity index (χ1n) is 5.85. The Balaban J connectivity index is 1.82. The van der Waals surface area contributed by atoms with Gasteiger partial charge in [-0.15, -0.1) is 0 Å². The highest BCUT2D eigenvalue weighted by Gasteiger charge is 2.10. The van der Waals surface area contributed by atoms with Crippen molar-refractivity contribution in [2.24, 2.45) is 0 Å². The Hall–Kier alpha value is -2.69. The summed E-state index contributed by atoms with van der Waals surface area (Å²) in [7, 11) is 0. The van der Waals surface area contributed by atoms with Gasteiger partial charge in [0, 0.05) is 17.8 Å². The fourth-order valence-electron chi connectivity index (χ4n) is 1.93. The first-order chi connectivity index (χ1) is 9.22. The zero-order valence-corrected chi connectivity index (χ0v) is 10.0. The standard InChI is InChI=1S/C14H12N2O3/c17-14(18)13-8-11-7-10(3-4-12(11)19-13)9-15-16-5-1-2-6-16/h1-8,15H,9H2,(H,17,18). The minimum Gasteiger partial charge on any atom is -0.475 e. The summed E-state index contributed by atoms with van der Waals surface area (Å²) in [6.07, 6.45) is 3.83. The van der Waals surface area contributed by atoms with Crippen LogP contribution < -0.4 is 5.43 Å². The lowest BCUT2D eigenvalue weighted by molar-refractivity contribution is 0.0665. The van der Waals surface area contributed by atoms with Crippen molar-refractivity contribution < 1.29 is 14.3 Å². The number of fused-ring (bicyclic) bond motifs is 1. The molecule has 0 amide bonds. The van der Waals surface area contributed by atoms with Crippen LogP contribution in [0.5, 0.6) is 0 Å². The number of hydrogen-bond donors (Lipinski definition) is 2. The summed E-state index contributed by atoms with van der Waals surface area (Å²) in [5.74, 6) is -1.09. The predicted molar refractivity (Wildman–Crippen MR) is 70.7 cm³/mol. The second kappa shape index (κ2) is 4.53. The number of hydrogen-bond acceptors (Lipinski definition) is 3. The molecule has 3 aromatic rings. The van der Waals surface area contributed by atoms with E-state index in [1.54, 1.807) is 6.07 Å². The molecule has 1 aromatic carbocycles. The summed E-state index contributed by atoms with van der Waals surface area (Å²) in [4.78, 5) is 10.8. The first kappa shape index (κ1) is 11.4. The molecule has 0 aliphatic heterocycles. The molecule has 0 aliphatic carbocycles. The van der Waals surface area contributed by atoms with E-state index >= 15 is 0 Å². The van der Waals surface area contributed by atoms with Crippen LogP contribution in [0.15, 0.2) is 53.2 Å². The number of carbonyl (C=O) groups is 1. The monoisotopic (exact) mass is 256 g/mol. The zero-order valence-electron chi connectivity index (χ0n) is 10.0. The van der Waals surface area contributed by atoms with Crippen molar-refractivity contribution in [2.45, 2.75) is 6.54 Å². The van der Waals surface area contributed by atoms with Crippen molar-refractivity contribution in [2.75, 3.05) is 5.43 Å². The van der Waals surface area contributed by atoms with Crippen LogP contribution in [-0.4, -0.2) is 15.8 Å². The second-order valence-corrected chi connectivity index (χ2v) is 4.21. The molecule has 0 unspecified atom stereocenters. The molecule has 0 saturated heterocycles. The molecule has 0 atom stereocenters. The van der Waals surface area contributed by atoms with Crippen LogP contribution in [-0.2, 0) is 6.54 Å². The molecule has 96 valence electrons. The maximum Gasteiger partial charge on any atom is 0.371 e. The number of aromatic carboxylic acids is 1. The number of nitrogens with one attached hydrogen (secondary N) is 1. The lowest BCUT2D eigenvalue weighted by Crippen LogP contribution is -2.11. The largest absolute Gasteiger partial charge is 0.475 e. The van der Waals surface area contributed by atoms with Crippen LogP contribution in [0.3, 0.4) is 0 Å². The molecule has 5 nitrogen and oxygen atoms in total. The van der Waals surface area contributed by atoms with Crippen molar-refractivity contribution >= 4 is 16.9 Å². The van der Waals surface area contributed by atoms with E-state index in [1.165, 1.54) is 6.07 Å². The van der Waals surface area contributed by atoms with Crippen LogP contribution in [0, 0.1) is 0 Å². The van der Waals surface area contributed by atoms with Gasteiger partial charge in [0.15, 0.2) is 0 Å². The number of aromatic nitrogens is 1. The van der Waals surface area contributed by atoms with Gasteiger partial charge in [0.1, 0.15) is 5.58 Å². The highest BCUT2D eigenvalue weighted by atomic mass is 16.4. The average molecular weight is 256 g/mol. The van der Waals surface area contributed by atoms with Gasteiger partial charge >= 0.3 is 5.97 Å². The maximum atomic E-state index is 10.8. The van der Waals surface area contributed by atoms with E-state index in [0.29, 0.717) is 12.1 Å². The quantitative estimate of drug-likeness (QED) is 0.753. The molecule has 0 saturated carbocycles. The number of nitrogens with zero attached hydrogens (tertiary/aromatic N) is 1. The van der Waals surface area contributed by atoms with Gasteiger partial charge < -0.3 is 14.9 Å². The Morgan fingerprint density at radius 1 is 1.26 bits per heavy atom. The smallest absolute Gasteiger partial charge is 0.371 e. The van der Waals surface area contributed by atoms with E-state index in [2.05, 4.69) is 5.43 Å². The highest BCUT2D eigenvalue weighted by Crippen LogP contribution is 2.20. The molecule has 0 spiro atoms. The van der Waals surface area contributed by atoms with Crippen molar-refractivity contribution in [3.8, 4) is 0 Å². The van der Waals surface area contributed by atoms with E-state index in [4.69, 9.17) is 9.52 Å². The fourth-order valence-corrected chi connectivity index (χ4v) is 1.93. The number of rotatable bonds is 4. The number of benzene rings is 1. The minimum atomic E-state index is -1.05. The third-order valence-electron chi connectivity index (χ3n) is 2.86. The van der Waals surface area contributed by atoms with E-state index in [0.717, 1.165) is 10.9 Å². The molecule has 0 fully saturated rings. The van der Waals surface area contributed by atoms with E-state index in [-0.39, 0.29) is 5.76 Å². The van der Waals surface area contributed by atoms with Crippen LogP contribution in [0.2, 0.25) is 0 Å². The predicted octanol–water partition coefficient (Wildman–Crippen LogP) is 2.68. The Morgan fingerprint density at radius 3 is 2.79 bits per heavy atom. The van der Waals surface area contributed by atoms with Gasteiger partial charge in [-0.05, 0) is 35.9 Å². The zero-order chi connectivity index (χ0) is 13.2. The average Bonchev–Trinajstić information content (AvgIpc) is 3.04. The van der Waals surface area contributed by atoms with Crippen LogP contribution in [0.4, 0.5) is 0 Å². The summed E-state index contributed by atoms with van der Waals surface area (Å²) >= 11 is 0. The summed E-state index contributed by atoms with van der Waals surface area (Å²) in [5, 5.41) is 9.67. The SMILES string of the molecule is O=C(O)c1cc2cc(CNn3cccc3)ccc2o1. The molecular formula is C14H12N2O3. The van der Waals surface area contributed by atoms with Crippen molar-refractivity contribution in [1.29, 1.82) is 0 Å². The topological polar surface area (TPSA) is 67.4 Å². The third-order valence-corrected chi connectivity index (χ3v) is 2.86. The van der Waals surface area contributed by atoms with Gasteiger partial charge in [0.2, 0.25) is 5.76 Å². The molecule has 2 N–H and O–H groups in total. The van der Waals surface area contributed by atoms with Crippen LogP contribution in [0.1, 0.15) is 16.1 Å². The van der Waals surface area contributed by atoms with Crippen molar-refractivity contribution in [3.63, 3.8) is 0 Å². The molecule has 0 radical (unpaired) electrons. The Kier molecular flexibility index (Phi) is 2.72. The minimum absolute atomic E-state index is 0.0366. The number of furan rings is 1.